The Morgan fingerprint density at radius 1 is 1.24 bits per heavy atom. The Morgan fingerprint density at radius 2 is 1.90 bits per heavy atom. The van der Waals surface area contributed by atoms with Crippen LogP contribution in [0.1, 0.15) is 46.6 Å². The molecule has 3 atom stereocenters. The summed E-state index contributed by atoms with van der Waals surface area (Å²) in [5.74, 6) is 1.43. The molecule has 2 nitrogen and oxygen atoms in total. The van der Waals surface area contributed by atoms with Gasteiger partial charge in [-0.25, -0.2) is 0 Å². The zero-order chi connectivity index (χ0) is 15.5. The van der Waals surface area contributed by atoms with Crippen LogP contribution in [0.25, 0.3) is 0 Å². The van der Waals surface area contributed by atoms with E-state index in [9.17, 15) is 0 Å². The summed E-state index contributed by atoms with van der Waals surface area (Å²) in [4.78, 5) is 2.71. The average Bonchev–Trinajstić information content (AvgIpc) is 2.49. The fourth-order valence-corrected chi connectivity index (χ4v) is 3.41. The largest absolute Gasteiger partial charge is 0.310 e. The predicted octanol–water partition coefficient (Wildman–Crippen LogP) is 3.88. The van der Waals surface area contributed by atoms with E-state index < -0.39 is 0 Å². The van der Waals surface area contributed by atoms with Crippen LogP contribution in [0.3, 0.4) is 0 Å². The maximum atomic E-state index is 3.82. The van der Waals surface area contributed by atoms with Crippen molar-refractivity contribution in [3.63, 3.8) is 0 Å². The highest BCUT2D eigenvalue weighted by atomic mass is 15.3. The van der Waals surface area contributed by atoms with Gasteiger partial charge in [0.15, 0.2) is 0 Å². The van der Waals surface area contributed by atoms with Crippen LogP contribution >= 0.6 is 0 Å². The first-order valence-electron chi connectivity index (χ1n) is 8.51. The second-order valence-electron chi connectivity index (χ2n) is 7.31. The third kappa shape index (κ3) is 3.67. The number of benzene rings is 1. The van der Waals surface area contributed by atoms with Crippen molar-refractivity contribution in [2.24, 2.45) is 11.8 Å². The third-order valence-corrected chi connectivity index (χ3v) is 5.14. The van der Waals surface area contributed by atoms with Crippen molar-refractivity contribution in [1.82, 2.24) is 10.2 Å². The molecule has 2 rings (SSSR count). The summed E-state index contributed by atoms with van der Waals surface area (Å²) >= 11 is 0. The van der Waals surface area contributed by atoms with Gasteiger partial charge in [-0.15, -0.1) is 0 Å². The summed E-state index contributed by atoms with van der Waals surface area (Å²) < 4.78 is 0. The minimum atomic E-state index is 0.107. The summed E-state index contributed by atoms with van der Waals surface area (Å²) in [6.45, 7) is 15.1. The zero-order valence-electron chi connectivity index (χ0n) is 14.4. The van der Waals surface area contributed by atoms with Gasteiger partial charge >= 0.3 is 0 Å². The van der Waals surface area contributed by atoms with Crippen LogP contribution in [0, 0.1) is 11.8 Å². The van der Waals surface area contributed by atoms with Crippen LogP contribution in [0.4, 0.5) is 0 Å². The Balaban J connectivity index is 2.24. The van der Waals surface area contributed by atoms with Crippen molar-refractivity contribution in [2.75, 3.05) is 19.6 Å². The molecule has 0 spiro atoms. The van der Waals surface area contributed by atoms with E-state index in [1.54, 1.807) is 0 Å². The Hall–Kier alpha value is -0.860. The summed E-state index contributed by atoms with van der Waals surface area (Å²) in [5, 5.41) is 3.82. The molecule has 0 radical (unpaired) electrons. The molecule has 1 aromatic carbocycles. The fraction of sp³-hybridized carbons (Fsp3) is 0.684. The predicted molar refractivity (Wildman–Crippen MR) is 91.5 cm³/mol. The Morgan fingerprint density at radius 3 is 2.48 bits per heavy atom. The molecule has 1 aliphatic heterocycles. The Kier molecular flexibility index (Phi) is 5.45. The lowest BCUT2D eigenvalue weighted by molar-refractivity contribution is 0.0271. The number of hydrogen-bond donors (Lipinski definition) is 1. The van der Waals surface area contributed by atoms with Gasteiger partial charge in [-0.05, 0) is 24.3 Å². The normalized spacial score (nSPS) is 28.8. The third-order valence-electron chi connectivity index (χ3n) is 5.14. The first-order valence-corrected chi connectivity index (χ1v) is 8.51. The summed E-state index contributed by atoms with van der Waals surface area (Å²) in [7, 11) is 0. The number of hydrogen-bond acceptors (Lipinski definition) is 2. The van der Waals surface area contributed by atoms with E-state index in [2.05, 4.69) is 75.2 Å². The molecule has 1 fully saturated rings. The van der Waals surface area contributed by atoms with Gasteiger partial charge in [-0.2, -0.15) is 0 Å². The van der Waals surface area contributed by atoms with Crippen LogP contribution in [0.5, 0.6) is 0 Å². The molecule has 1 aliphatic rings. The molecule has 0 saturated carbocycles. The average molecular weight is 288 g/mol. The van der Waals surface area contributed by atoms with Crippen LogP contribution in [-0.2, 0) is 5.54 Å². The molecule has 118 valence electrons. The molecule has 0 bridgehead atoms. The molecule has 0 amide bonds. The number of piperazine rings is 1. The van der Waals surface area contributed by atoms with E-state index in [4.69, 9.17) is 0 Å². The summed E-state index contributed by atoms with van der Waals surface area (Å²) in [5.41, 5.74) is 1.54. The van der Waals surface area contributed by atoms with Gasteiger partial charge in [-0.3, -0.25) is 4.90 Å². The summed E-state index contributed by atoms with van der Waals surface area (Å²) in [6, 6.07) is 11.6. The molecule has 1 N–H and O–H groups in total. The molecule has 1 saturated heterocycles. The molecular weight excluding hydrogens is 256 g/mol. The molecule has 1 heterocycles. The van der Waals surface area contributed by atoms with Gasteiger partial charge < -0.3 is 5.32 Å². The van der Waals surface area contributed by atoms with Gasteiger partial charge in [-0.1, -0.05) is 64.4 Å². The van der Waals surface area contributed by atoms with Crippen molar-refractivity contribution in [3.05, 3.63) is 35.9 Å². The van der Waals surface area contributed by atoms with E-state index in [1.165, 1.54) is 18.5 Å². The maximum Gasteiger partial charge on any atom is 0.0558 e. The highest BCUT2D eigenvalue weighted by molar-refractivity contribution is 5.25. The van der Waals surface area contributed by atoms with Crippen LogP contribution in [0.15, 0.2) is 30.3 Å². The van der Waals surface area contributed by atoms with Gasteiger partial charge in [0.1, 0.15) is 0 Å². The van der Waals surface area contributed by atoms with Crippen LogP contribution in [-0.4, -0.2) is 30.6 Å². The van der Waals surface area contributed by atoms with E-state index in [0.717, 1.165) is 19.0 Å². The Bertz CT molecular complexity index is 428. The highest BCUT2D eigenvalue weighted by Crippen LogP contribution is 2.32. The van der Waals surface area contributed by atoms with Crippen molar-refractivity contribution >= 4 is 0 Å². The first-order chi connectivity index (χ1) is 9.97. The van der Waals surface area contributed by atoms with E-state index >= 15 is 0 Å². The number of rotatable bonds is 5. The van der Waals surface area contributed by atoms with E-state index in [1.807, 2.05) is 0 Å². The minimum Gasteiger partial charge on any atom is -0.310 e. The first kappa shape index (κ1) is 16.5. The van der Waals surface area contributed by atoms with Gasteiger partial charge in [0.05, 0.1) is 5.54 Å². The molecule has 21 heavy (non-hydrogen) atoms. The molecule has 0 aromatic heterocycles. The second kappa shape index (κ2) is 6.93. The smallest absolute Gasteiger partial charge is 0.0558 e. The monoisotopic (exact) mass is 288 g/mol. The van der Waals surface area contributed by atoms with E-state index in [0.29, 0.717) is 12.0 Å². The molecule has 2 heteroatoms. The topological polar surface area (TPSA) is 15.3 Å². The molecule has 3 unspecified atom stereocenters. The lowest BCUT2D eigenvalue weighted by atomic mass is 9.84. The van der Waals surface area contributed by atoms with Gasteiger partial charge in [0.2, 0.25) is 0 Å². The standard InChI is InChI=1S/C19H32N2/c1-6-16(4)18-13-21(12-15(2)3)19(5,14-20-18)17-10-8-7-9-11-17/h7-11,15-16,18,20H,6,12-14H2,1-5H3. The molecule has 0 aliphatic carbocycles. The quantitative estimate of drug-likeness (QED) is 0.884. The van der Waals surface area contributed by atoms with Crippen molar-refractivity contribution in [1.29, 1.82) is 0 Å². The number of nitrogens with one attached hydrogen (secondary N) is 1. The minimum absolute atomic E-state index is 0.107. The number of nitrogens with zero attached hydrogens (tertiary/aromatic N) is 1. The lowest BCUT2D eigenvalue weighted by Gasteiger charge is -2.50. The SMILES string of the molecule is CCC(C)C1CN(CC(C)C)C(C)(c2ccccc2)CN1. The van der Waals surface area contributed by atoms with Crippen molar-refractivity contribution in [3.8, 4) is 0 Å². The zero-order valence-corrected chi connectivity index (χ0v) is 14.4. The van der Waals surface area contributed by atoms with Gasteiger partial charge in [0, 0.05) is 25.7 Å². The fourth-order valence-electron chi connectivity index (χ4n) is 3.41. The Labute approximate surface area is 130 Å². The van der Waals surface area contributed by atoms with Crippen molar-refractivity contribution < 1.29 is 0 Å². The van der Waals surface area contributed by atoms with Crippen LogP contribution < -0.4 is 5.32 Å². The second-order valence-corrected chi connectivity index (χ2v) is 7.31. The maximum absolute atomic E-state index is 3.82. The highest BCUT2D eigenvalue weighted by Gasteiger charge is 2.40. The van der Waals surface area contributed by atoms with E-state index in [-0.39, 0.29) is 5.54 Å². The summed E-state index contributed by atoms with van der Waals surface area (Å²) in [6.07, 6.45) is 1.25. The van der Waals surface area contributed by atoms with Gasteiger partial charge in [0.25, 0.3) is 0 Å². The molecule has 1 aromatic rings. The van der Waals surface area contributed by atoms with Crippen LogP contribution in [0.2, 0.25) is 0 Å². The van der Waals surface area contributed by atoms with Crippen molar-refractivity contribution in [2.45, 2.75) is 52.6 Å². The lowest BCUT2D eigenvalue weighted by Crippen LogP contribution is -2.63. The molecular formula is C19H32N2.